The molecule has 3 heterocycles. The molecule has 6 heteroatoms. The molecule has 1 fully saturated rings. The van der Waals surface area contributed by atoms with Crippen LogP contribution in [0.5, 0.6) is 0 Å². The van der Waals surface area contributed by atoms with Crippen molar-refractivity contribution in [3.8, 4) is 0 Å². The van der Waals surface area contributed by atoms with E-state index in [4.69, 9.17) is 10.7 Å². The number of rotatable bonds is 2. The molecule has 0 atom stereocenters. The van der Waals surface area contributed by atoms with Crippen LogP contribution < -0.4 is 5.73 Å². The zero-order valence-corrected chi connectivity index (χ0v) is 13.3. The molecule has 0 bridgehead atoms. The van der Waals surface area contributed by atoms with E-state index in [1.54, 1.807) is 0 Å². The van der Waals surface area contributed by atoms with Crippen LogP contribution in [0, 0.1) is 0 Å². The van der Waals surface area contributed by atoms with Gasteiger partial charge in [-0.05, 0) is 44.1 Å². The van der Waals surface area contributed by atoms with E-state index in [1.165, 1.54) is 18.4 Å². The maximum atomic E-state index is 5.77. The van der Waals surface area contributed by atoms with Crippen LogP contribution in [-0.4, -0.2) is 24.6 Å². The fourth-order valence-electron chi connectivity index (χ4n) is 3.44. The van der Waals surface area contributed by atoms with Gasteiger partial charge < -0.3 is 5.73 Å². The van der Waals surface area contributed by atoms with Gasteiger partial charge in [-0.3, -0.25) is 0 Å². The molecule has 120 valence electrons. The van der Waals surface area contributed by atoms with E-state index >= 15 is 0 Å². The third-order valence-electron chi connectivity index (χ3n) is 4.83. The van der Waals surface area contributed by atoms with Gasteiger partial charge in [-0.15, -0.1) is 0 Å². The molecular weight excluding hydrogens is 300 g/mol. The summed E-state index contributed by atoms with van der Waals surface area (Å²) in [5.41, 5.74) is 12.1. The molecule has 0 unspecified atom stereocenters. The molecule has 1 saturated carbocycles. The number of nitrogens with two attached hydrogens (primary N) is 1. The summed E-state index contributed by atoms with van der Waals surface area (Å²) in [5.74, 6) is 0.967. The molecule has 5 rings (SSSR count). The summed E-state index contributed by atoms with van der Waals surface area (Å²) in [5, 5.41) is 4.43. The molecule has 0 saturated heterocycles. The lowest BCUT2D eigenvalue weighted by atomic mass is 10.0. The smallest absolute Gasteiger partial charge is 0.220 e. The first-order valence-electron chi connectivity index (χ1n) is 8.46. The Labute approximate surface area is 139 Å². The predicted molar refractivity (Wildman–Crippen MR) is 91.4 cm³/mol. The van der Waals surface area contributed by atoms with E-state index in [0.717, 1.165) is 47.4 Å². The lowest BCUT2D eigenvalue weighted by Gasteiger charge is -2.10. The predicted octanol–water partition coefficient (Wildman–Crippen LogP) is 2.75. The van der Waals surface area contributed by atoms with Crippen molar-refractivity contribution >= 4 is 17.2 Å². The fourth-order valence-corrected chi connectivity index (χ4v) is 3.44. The number of hydrogen-bond donors (Lipinski definition) is 1. The normalized spacial score (nSPS) is 17.4. The van der Waals surface area contributed by atoms with Crippen molar-refractivity contribution in [2.24, 2.45) is 0 Å². The minimum absolute atomic E-state index is 0.338. The van der Waals surface area contributed by atoms with E-state index in [0.29, 0.717) is 11.9 Å². The summed E-state index contributed by atoms with van der Waals surface area (Å²) >= 11 is 0. The summed E-state index contributed by atoms with van der Waals surface area (Å²) < 4.78 is 1.87. The first-order valence-corrected chi connectivity index (χ1v) is 8.46. The molecule has 24 heavy (non-hydrogen) atoms. The summed E-state index contributed by atoms with van der Waals surface area (Å²) in [7, 11) is 0. The Morgan fingerprint density at radius 1 is 1.17 bits per heavy atom. The van der Waals surface area contributed by atoms with Crippen molar-refractivity contribution in [3.05, 3.63) is 53.2 Å². The maximum absolute atomic E-state index is 5.77. The third kappa shape index (κ3) is 2.18. The third-order valence-corrected chi connectivity index (χ3v) is 4.83. The Bertz CT molecular complexity index is 967. The van der Waals surface area contributed by atoms with Crippen LogP contribution in [0.25, 0.3) is 11.2 Å². The van der Waals surface area contributed by atoms with Crippen LogP contribution >= 0.6 is 0 Å². The van der Waals surface area contributed by atoms with Gasteiger partial charge in [0.05, 0.1) is 17.6 Å². The van der Waals surface area contributed by atoms with Crippen LogP contribution in [0.2, 0.25) is 0 Å². The van der Waals surface area contributed by atoms with Crippen molar-refractivity contribution in [3.63, 3.8) is 0 Å². The Hall–Kier alpha value is -2.76. The quantitative estimate of drug-likeness (QED) is 0.785. The molecule has 0 radical (unpaired) electrons. The minimum Gasteiger partial charge on any atom is -0.368 e. The van der Waals surface area contributed by atoms with Gasteiger partial charge in [0.25, 0.3) is 0 Å². The average Bonchev–Trinajstić information content (AvgIpc) is 3.38. The Balaban J connectivity index is 1.67. The van der Waals surface area contributed by atoms with Gasteiger partial charge in [0, 0.05) is 29.1 Å². The number of nitrogen functional groups attached to an aromatic ring is 1. The molecule has 3 aromatic rings. The molecule has 6 nitrogen and oxygen atoms in total. The zero-order valence-electron chi connectivity index (χ0n) is 13.3. The second kappa shape index (κ2) is 5.12. The van der Waals surface area contributed by atoms with Crippen LogP contribution in [0.3, 0.4) is 0 Å². The van der Waals surface area contributed by atoms with E-state index in [9.17, 15) is 0 Å². The van der Waals surface area contributed by atoms with E-state index in [-0.39, 0.29) is 0 Å². The van der Waals surface area contributed by atoms with Crippen molar-refractivity contribution < 1.29 is 0 Å². The molecule has 0 spiro atoms. The highest BCUT2D eigenvalue weighted by atomic mass is 15.2. The largest absolute Gasteiger partial charge is 0.368 e. The van der Waals surface area contributed by atoms with Gasteiger partial charge in [-0.1, -0.05) is 6.08 Å². The van der Waals surface area contributed by atoms with Gasteiger partial charge in [0.15, 0.2) is 5.65 Å². The number of aromatic nitrogens is 5. The van der Waals surface area contributed by atoms with Gasteiger partial charge in [0.2, 0.25) is 5.95 Å². The van der Waals surface area contributed by atoms with Gasteiger partial charge >= 0.3 is 0 Å². The monoisotopic (exact) mass is 318 g/mol. The van der Waals surface area contributed by atoms with Crippen LogP contribution in [0.15, 0.2) is 30.7 Å². The Morgan fingerprint density at radius 3 is 2.96 bits per heavy atom. The second-order valence-corrected chi connectivity index (χ2v) is 6.55. The summed E-state index contributed by atoms with van der Waals surface area (Å²) in [6.07, 6.45) is 13.5. The van der Waals surface area contributed by atoms with Gasteiger partial charge in [-0.2, -0.15) is 5.10 Å². The highest BCUT2D eigenvalue weighted by Gasteiger charge is 2.28. The number of anilines is 1. The topological polar surface area (TPSA) is 82.0 Å². The maximum Gasteiger partial charge on any atom is 0.220 e. The van der Waals surface area contributed by atoms with Gasteiger partial charge in [0.1, 0.15) is 0 Å². The van der Waals surface area contributed by atoms with Crippen molar-refractivity contribution in [1.82, 2.24) is 24.6 Å². The first-order chi connectivity index (χ1) is 11.8. The fraction of sp³-hybridized carbons (Fsp3) is 0.333. The number of hydrogen-bond acceptors (Lipinski definition) is 5. The summed E-state index contributed by atoms with van der Waals surface area (Å²) in [6.45, 7) is 0. The lowest BCUT2D eigenvalue weighted by molar-refractivity contribution is 0.823. The molecule has 2 aliphatic rings. The SMILES string of the molecule is Nc1ncc2c(n1)CCCC=C2c1ccn2ncc(C3CC3)c2n1. The van der Waals surface area contributed by atoms with Gasteiger partial charge in [-0.25, -0.2) is 19.5 Å². The lowest BCUT2D eigenvalue weighted by Crippen LogP contribution is -2.04. The number of aryl methyl sites for hydroxylation is 1. The standard InChI is InChI=1S/C18H18N6/c19-18-20-9-14-12(3-1-2-4-15(14)23-18)16-7-8-24-17(22-16)13(10-21-24)11-5-6-11/h3,7-11H,1-2,4-6H2,(H2,19,20,23). The van der Waals surface area contributed by atoms with Crippen molar-refractivity contribution in [2.75, 3.05) is 5.73 Å². The zero-order chi connectivity index (χ0) is 16.1. The molecule has 0 aliphatic heterocycles. The van der Waals surface area contributed by atoms with Crippen molar-refractivity contribution in [1.29, 1.82) is 0 Å². The van der Waals surface area contributed by atoms with Crippen LogP contribution in [-0.2, 0) is 6.42 Å². The van der Waals surface area contributed by atoms with E-state index < -0.39 is 0 Å². The molecule has 3 aromatic heterocycles. The number of allylic oxidation sites excluding steroid dienone is 1. The van der Waals surface area contributed by atoms with Crippen molar-refractivity contribution in [2.45, 2.75) is 38.0 Å². The second-order valence-electron chi connectivity index (χ2n) is 6.55. The molecule has 0 amide bonds. The van der Waals surface area contributed by atoms with E-state index in [2.05, 4.69) is 21.1 Å². The highest BCUT2D eigenvalue weighted by Crippen LogP contribution is 2.41. The van der Waals surface area contributed by atoms with Crippen LogP contribution in [0.4, 0.5) is 5.95 Å². The highest BCUT2D eigenvalue weighted by molar-refractivity contribution is 5.80. The van der Waals surface area contributed by atoms with Crippen LogP contribution in [0.1, 0.15) is 54.1 Å². The molecular formula is C18H18N6. The summed E-state index contributed by atoms with van der Waals surface area (Å²) in [4.78, 5) is 13.6. The summed E-state index contributed by atoms with van der Waals surface area (Å²) in [6, 6.07) is 2.02. The first kappa shape index (κ1) is 13.7. The average molecular weight is 318 g/mol. The number of nitrogens with zero attached hydrogens (tertiary/aromatic N) is 5. The number of fused-ring (bicyclic) bond motifs is 2. The Kier molecular flexibility index (Phi) is 2.92. The molecule has 2 N–H and O–H groups in total. The van der Waals surface area contributed by atoms with E-state index in [1.807, 2.05) is 29.2 Å². The Morgan fingerprint density at radius 2 is 2.08 bits per heavy atom. The minimum atomic E-state index is 0.338. The molecule has 0 aromatic carbocycles. The molecule has 2 aliphatic carbocycles.